The first-order chi connectivity index (χ1) is 15.3. The summed E-state index contributed by atoms with van der Waals surface area (Å²) in [6, 6.07) is 4.13. The number of aromatic hydroxyl groups is 1. The van der Waals surface area contributed by atoms with Gasteiger partial charge in [0.1, 0.15) is 11.5 Å². The van der Waals surface area contributed by atoms with Gasteiger partial charge < -0.3 is 9.84 Å². The van der Waals surface area contributed by atoms with E-state index in [1.165, 1.54) is 35.7 Å². The number of Topliss-reactive ketones (excluding diaryl/α,β-unsaturated/α-hetero) is 1. The molecule has 2 atom stereocenters. The topological polar surface area (TPSA) is 113 Å². The van der Waals surface area contributed by atoms with Gasteiger partial charge in [0.05, 0.1) is 19.7 Å². The van der Waals surface area contributed by atoms with Crippen molar-refractivity contribution in [1.82, 2.24) is 13.9 Å². The predicted octanol–water partition coefficient (Wildman–Crippen LogP) is 1.13. The molecule has 0 spiro atoms. The number of benzene rings is 1. The average Bonchev–Trinajstić information content (AvgIpc) is 3.00. The molecule has 2 heterocycles. The van der Waals surface area contributed by atoms with Gasteiger partial charge in [-0.15, -0.1) is 0 Å². The molecule has 0 amide bonds. The van der Waals surface area contributed by atoms with E-state index in [9.17, 15) is 24.3 Å². The average molecular weight is 435 g/mol. The lowest BCUT2D eigenvalue weighted by Crippen LogP contribution is -2.40. The molecule has 1 aromatic heterocycles. The van der Waals surface area contributed by atoms with Gasteiger partial charge in [-0.3, -0.25) is 9.59 Å². The molecule has 1 aromatic carbocycles. The van der Waals surface area contributed by atoms with Gasteiger partial charge in [0.15, 0.2) is 11.6 Å². The number of ether oxygens (including phenoxy) is 1. The first-order valence-electron chi connectivity index (χ1n) is 10.2. The van der Waals surface area contributed by atoms with Crippen LogP contribution < -0.4 is 16.1 Å². The number of rotatable bonds is 2. The van der Waals surface area contributed by atoms with Crippen molar-refractivity contribution >= 4 is 11.6 Å². The molecule has 5 rings (SSSR count). The molecule has 0 unspecified atom stereocenters. The summed E-state index contributed by atoms with van der Waals surface area (Å²) in [6.45, 7) is 1.71. The summed E-state index contributed by atoms with van der Waals surface area (Å²) in [5, 5.41) is 10.8. The summed E-state index contributed by atoms with van der Waals surface area (Å²) < 4.78 is 9.20. The highest BCUT2D eigenvalue weighted by Gasteiger charge is 2.46. The minimum Gasteiger partial charge on any atom is -0.507 e. The number of hydrogen-bond acceptors (Lipinski definition) is 6. The minimum atomic E-state index is -0.795. The van der Waals surface area contributed by atoms with Crippen LogP contribution in [0.25, 0.3) is 0 Å². The Bertz CT molecular complexity index is 1430. The van der Waals surface area contributed by atoms with E-state index in [0.717, 1.165) is 4.57 Å². The number of phenolic OH excluding ortho intramolecular Hbond substituents is 1. The van der Waals surface area contributed by atoms with Crippen molar-refractivity contribution in [2.75, 3.05) is 7.11 Å². The minimum absolute atomic E-state index is 0.0855. The number of fused-ring (bicyclic) bond motifs is 3. The summed E-state index contributed by atoms with van der Waals surface area (Å²) in [5.41, 5.74) is 0.964. The van der Waals surface area contributed by atoms with E-state index >= 15 is 0 Å². The van der Waals surface area contributed by atoms with Gasteiger partial charge in [-0.05, 0) is 30.7 Å². The smallest absolute Gasteiger partial charge is 0.347 e. The first kappa shape index (κ1) is 20.0. The van der Waals surface area contributed by atoms with E-state index in [1.54, 1.807) is 25.1 Å². The third kappa shape index (κ3) is 2.50. The van der Waals surface area contributed by atoms with Crippen LogP contribution in [0.1, 0.15) is 30.9 Å². The Balaban J connectivity index is 1.84. The second-order valence-electron chi connectivity index (χ2n) is 8.21. The monoisotopic (exact) mass is 435 g/mol. The molecule has 3 aliphatic rings. The molecule has 0 fully saturated rings. The Morgan fingerprint density at radius 1 is 1.12 bits per heavy atom. The molecule has 1 aliphatic heterocycles. The molecule has 2 aliphatic carbocycles. The lowest BCUT2D eigenvalue weighted by molar-refractivity contribution is -0.116. The number of methoxy groups -OCH3 is 1. The van der Waals surface area contributed by atoms with Gasteiger partial charge in [-0.25, -0.2) is 23.5 Å². The quantitative estimate of drug-likeness (QED) is 0.559. The SMILES string of the molecule is COc1cccc(O)c1[C@H]1C2=CCn3c(=O)n(C)c(=O)n3[C@@H]2CC2=C1C(=O)C=C(C)C2=O. The summed E-state index contributed by atoms with van der Waals surface area (Å²) >= 11 is 0. The Morgan fingerprint density at radius 3 is 2.59 bits per heavy atom. The molecule has 164 valence electrons. The number of ketones is 2. The molecule has 9 heteroatoms. The first-order valence-corrected chi connectivity index (χ1v) is 10.2. The molecule has 2 aromatic rings. The predicted molar refractivity (Wildman–Crippen MR) is 114 cm³/mol. The maximum Gasteiger partial charge on any atom is 0.347 e. The van der Waals surface area contributed by atoms with E-state index < -0.39 is 23.3 Å². The van der Waals surface area contributed by atoms with Crippen LogP contribution >= 0.6 is 0 Å². The van der Waals surface area contributed by atoms with Crippen LogP contribution in [0.2, 0.25) is 0 Å². The van der Waals surface area contributed by atoms with Gasteiger partial charge in [0, 0.05) is 41.7 Å². The molecular weight excluding hydrogens is 414 g/mol. The molecule has 0 saturated heterocycles. The number of aromatic nitrogens is 3. The maximum atomic E-state index is 13.2. The van der Waals surface area contributed by atoms with Crippen molar-refractivity contribution in [3.05, 3.63) is 79.2 Å². The molecule has 0 saturated carbocycles. The van der Waals surface area contributed by atoms with Gasteiger partial charge >= 0.3 is 11.4 Å². The van der Waals surface area contributed by atoms with Crippen LogP contribution in [0.15, 0.2) is 62.2 Å². The fourth-order valence-corrected chi connectivity index (χ4v) is 5.10. The van der Waals surface area contributed by atoms with Gasteiger partial charge in [-0.2, -0.15) is 0 Å². The summed E-state index contributed by atoms with van der Waals surface area (Å²) in [4.78, 5) is 51.7. The molecule has 9 nitrogen and oxygen atoms in total. The fourth-order valence-electron chi connectivity index (χ4n) is 5.10. The van der Waals surface area contributed by atoms with Crippen LogP contribution in [0.3, 0.4) is 0 Å². The zero-order valence-corrected chi connectivity index (χ0v) is 17.8. The number of phenols is 1. The number of allylic oxidation sites excluding steroid dienone is 6. The summed E-state index contributed by atoms with van der Waals surface area (Å²) in [5.74, 6) is -1.11. The molecule has 0 radical (unpaired) electrons. The molecular formula is C23H21N3O6. The van der Waals surface area contributed by atoms with Crippen LogP contribution in [0.4, 0.5) is 0 Å². The normalized spacial score (nSPS) is 22.1. The molecule has 1 N–H and O–H groups in total. The van der Waals surface area contributed by atoms with Crippen molar-refractivity contribution in [2.24, 2.45) is 7.05 Å². The van der Waals surface area contributed by atoms with Crippen molar-refractivity contribution in [3.8, 4) is 11.5 Å². The third-order valence-corrected chi connectivity index (χ3v) is 6.57. The van der Waals surface area contributed by atoms with Crippen LogP contribution in [-0.4, -0.2) is 37.7 Å². The largest absolute Gasteiger partial charge is 0.507 e. The second-order valence-corrected chi connectivity index (χ2v) is 8.21. The second kappa shape index (κ2) is 6.81. The highest BCUT2D eigenvalue weighted by Crippen LogP contribution is 2.53. The van der Waals surface area contributed by atoms with Gasteiger partial charge in [0.25, 0.3) is 0 Å². The van der Waals surface area contributed by atoms with Gasteiger partial charge in [0.2, 0.25) is 0 Å². The van der Waals surface area contributed by atoms with E-state index in [2.05, 4.69) is 0 Å². The molecule has 32 heavy (non-hydrogen) atoms. The van der Waals surface area contributed by atoms with Crippen LogP contribution in [0, 0.1) is 0 Å². The van der Waals surface area contributed by atoms with Crippen LogP contribution in [-0.2, 0) is 23.2 Å². The zero-order valence-electron chi connectivity index (χ0n) is 17.8. The summed E-state index contributed by atoms with van der Waals surface area (Å²) in [6.07, 6.45) is 3.22. The number of hydrogen-bond donors (Lipinski definition) is 1. The van der Waals surface area contributed by atoms with Crippen molar-refractivity contribution in [3.63, 3.8) is 0 Å². The van der Waals surface area contributed by atoms with E-state index in [-0.39, 0.29) is 35.9 Å². The van der Waals surface area contributed by atoms with E-state index in [4.69, 9.17) is 4.74 Å². The summed E-state index contributed by atoms with van der Waals surface area (Å²) in [7, 11) is 2.86. The number of nitrogens with zero attached hydrogens (tertiary/aromatic N) is 3. The van der Waals surface area contributed by atoms with Crippen LogP contribution in [0.5, 0.6) is 11.5 Å². The van der Waals surface area contributed by atoms with Crippen molar-refractivity contribution in [1.29, 1.82) is 0 Å². The highest BCUT2D eigenvalue weighted by molar-refractivity contribution is 6.23. The highest BCUT2D eigenvalue weighted by atomic mass is 16.5. The fraction of sp³-hybridized carbons (Fsp3) is 0.304. The van der Waals surface area contributed by atoms with Crippen molar-refractivity contribution in [2.45, 2.75) is 31.8 Å². The lowest BCUT2D eigenvalue weighted by Gasteiger charge is -2.40. The number of carbonyl (C=O) groups is 2. The van der Waals surface area contributed by atoms with E-state index in [1.807, 2.05) is 0 Å². The Labute approximate surface area is 182 Å². The standard InChI is InChI=1S/C23H21N3O6/c1-11-9-16(28)18-13(21(11)29)10-14-12(7-8-25-22(30)24(2)23(31)26(14)25)19(18)20-15(27)5-4-6-17(20)32-3/h4-7,9,14,19,27H,8,10H2,1-3H3/t14-,19+/m1/s1. The Hall–Kier alpha value is -3.88. The van der Waals surface area contributed by atoms with Gasteiger partial charge in [-0.1, -0.05) is 12.1 Å². The maximum absolute atomic E-state index is 13.2. The zero-order chi connectivity index (χ0) is 22.9. The lowest BCUT2D eigenvalue weighted by atomic mass is 9.67. The molecule has 0 bridgehead atoms. The third-order valence-electron chi connectivity index (χ3n) is 6.57. The Morgan fingerprint density at radius 2 is 1.88 bits per heavy atom. The van der Waals surface area contributed by atoms with E-state index in [0.29, 0.717) is 28.0 Å². The van der Waals surface area contributed by atoms with Crippen molar-refractivity contribution < 1.29 is 19.4 Å². The number of carbonyl (C=O) groups excluding carboxylic acids is 2. The Kier molecular flexibility index (Phi) is 4.27.